The molecular weight excluding hydrogens is 313 g/mol. The zero-order chi connectivity index (χ0) is 17.3. The van der Waals surface area contributed by atoms with Crippen LogP contribution in [0.4, 0.5) is 13.2 Å². The minimum absolute atomic E-state index is 0.157. The Kier molecular flexibility index (Phi) is 7.11. The van der Waals surface area contributed by atoms with Crippen LogP contribution in [0.15, 0.2) is 30.3 Å². The monoisotopic (exact) mass is 330 g/mol. The van der Waals surface area contributed by atoms with Gasteiger partial charge in [0.05, 0.1) is 7.11 Å². The Bertz CT molecular complexity index is 554. The highest BCUT2D eigenvalue weighted by atomic mass is 19.4. The van der Waals surface area contributed by atoms with E-state index in [9.17, 15) is 22.8 Å². The number of carbonyl (C=O) groups excluding carboxylic acids is 2. The molecule has 0 aromatic heterocycles. The van der Waals surface area contributed by atoms with Crippen molar-refractivity contribution in [2.75, 3.05) is 20.2 Å². The van der Waals surface area contributed by atoms with Gasteiger partial charge in [0.2, 0.25) is 5.91 Å². The standard InChI is InChI=1S/C15H17F3N2O3/c1-23-12-6-3-11(4-7-12)5-8-13(21)19-9-2-10-20-14(22)15(16,17)18/h3-8H,2,9-10H2,1H3,(H,19,21)(H,20,22)/b8-5+. The number of ether oxygens (including phenoxy) is 1. The Morgan fingerprint density at radius 3 is 2.30 bits per heavy atom. The average Bonchev–Trinajstić information content (AvgIpc) is 2.52. The van der Waals surface area contributed by atoms with Gasteiger partial charge in [-0.25, -0.2) is 0 Å². The lowest BCUT2D eigenvalue weighted by Gasteiger charge is -2.07. The summed E-state index contributed by atoms with van der Waals surface area (Å²) in [6.45, 7) is -0.00919. The zero-order valence-corrected chi connectivity index (χ0v) is 12.4. The fourth-order valence-electron chi connectivity index (χ4n) is 1.55. The van der Waals surface area contributed by atoms with Gasteiger partial charge in [-0.15, -0.1) is 0 Å². The zero-order valence-electron chi connectivity index (χ0n) is 12.4. The molecule has 2 N–H and O–H groups in total. The molecule has 0 aliphatic rings. The molecule has 0 saturated heterocycles. The first-order chi connectivity index (χ1) is 10.8. The van der Waals surface area contributed by atoms with Crippen molar-refractivity contribution in [3.8, 4) is 5.75 Å². The van der Waals surface area contributed by atoms with Crippen LogP contribution in [-0.4, -0.2) is 38.2 Å². The van der Waals surface area contributed by atoms with Crippen LogP contribution in [0.2, 0.25) is 0 Å². The van der Waals surface area contributed by atoms with Crippen LogP contribution in [0.3, 0.4) is 0 Å². The van der Waals surface area contributed by atoms with Crippen molar-refractivity contribution in [2.24, 2.45) is 0 Å². The van der Waals surface area contributed by atoms with E-state index in [1.807, 2.05) is 0 Å². The number of amides is 2. The molecule has 0 fully saturated rings. The second-order valence-corrected chi connectivity index (χ2v) is 4.50. The highest BCUT2D eigenvalue weighted by molar-refractivity contribution is 5.91. The van der Waals surface area contributed by atoms with Crippen molar-refractivity contribution in [3.63, 3.8) is 0 Å². The van der Waals surface area contributed by atoms with E-state index >= 15 is 0 Å². The van der Waals surface area contributed by atoms with Crippen LogP contribution >= 0.6 is 0 Å². The first kappa shape index (κ1) is 18.5. The van der Waals surface area contributed by atoms with Crippen LogP contribution < -0.4 is 15.4 Å². The van der Waals surface area contributed by atoms with E-state index in [-0.39, 0.29) is 25.4 Å². The minimum atomic E-state index is -4.88. The molecule has 1 aromatic rings. The smallest absolute Gasteiger partial charge is 0.471 e. The van der Waals surface area contributed by atoms with Crippen LogP contribution in [0.25, 0.3) is 6.08 Å². The van der Waals surface area contributed by atoms with Gasteiger partial charge in [-0.1, -0.05) is 12.1 Å². The molecule has 23 heavy (non-hydrogen) atoms. The van der Waals surface area contributed by atoms with Crippen molar-refractivity contribution in [1.29, 1.82) is 0 Å². The fraction of sp³-hybridized carbons (Fsp3) is 0.333. The molecule has 0 radical (unpaired) electrons. The second-order valence-electron chi connectivity index (χ2n) is 4.50. The van der Waals surface area contributed by atoms with E-state index < -0.39 is 12.1 Å². The summed E-state index contributed by atoms with van der Waals surface area (Å²) in [6, 6.07) is 7.05. The van der Waals surface area contributed by atoms with Crippen LogP contribution in [-0.2, 0) is 9.59 Å². The Labute approximate surface area is 131 Å². The molecule has 126 valence electrons. The summed E-state index contributed by atoms with van der Waals surface area (Å²) >= 11 is 0. The Balaban J connectivity index is 2.24. The van der Waals surface area contributed by atoms with Crippen molar-refractivity contribution in [2.45, 2.75) is 12.6 Å². The summed E-state index contributed by atoms with van der Waals surface area (Å²) in [5.74, 6) is -1.65. The number of hydrogen-bond acceptors (Lipinski definition) is 3. The third-order valence-corrected chi connectivity index (χ3v) is 2.74. The van der Waals surface area contributed by atoms with Gasteiger partial charge in [0.1, 0.15) is 5.75 Å². The molecule has 1 aromatic carbocycles. The number of benzene rings is 1. The molecule has 0 saturated carbocycles. The van der Waals surface area contributed by atoms with Gasteiger partial charge >= 0.3 is 12.1 Å². The number of hydrogen-bond donors (Lipinski definition) is 2. The highest BCUT2D eigenvalue weighted by Crippen LogP contribution is 2.14. The summed E-state index contributed by atoms with van der Waals surface area (Å²) in [5.41, 5.74) is 0.804. The summed E-state index contributed by atoms with van der Waals surface area (Å²) < 4.78 is 40.7. The minimum Gasteiger partial charge on any atom is -0.497 e. The Morgan fingerprint density at radius 1 is 1.13 bits per heavy atom. The van der Waals surface area contributed by atoms with E-state index in [2.05, 4.69) is 5.32 Å². The first-order valence-corrected chi connectivity index (χ1v) is 6.78. The lowest BCUT2D eigenvalue weighted by atomic mass is 10.2. The van der Waals surface area contributed by atoms with Crippen LogP contribution in [0, 0.1) is 0 Å². The molecule has 5 nitrogen and oxygen atoms in total. The average molecular weight is 330 g/mol. The van der Waals surface area contributed by atoms with E-state index in [0.717, 1.165) is 5.56 Å². The molecule has 0 aliphatic carbocycles. The van der Waals surface area contributed by atoms with Crippen LogP contribution in [0.1, 0.15) is 12.0 Å². The summed E-state index contributed by atoms with van der Waals surface area (Å²) in [7, 11) is 1.55. The molecule has 0 unspecified atom stereocenters. The molecular formula is C15H17F3N2O3. The lowest BCUT2D eigenvalue weighted by Crippen LogP contribution is -2.38. The van der Waals surface area contributed by atoms with E-state index in [1.165, 1.54) is 6.08 Å². The summed E-state index contributed by atoms with van der Waals surface area (Å²) in [4.78, 5) is 22.0. The predicted molar refractivity (Wildman–Crippen MR) is 78.7 cm³/mol. The molecule has 1 rings (SSSR count). The quantitative estimate of drug-likeness (QED) is 0.593. The normalized spacial score (nSPS) is 11.3. The predicted octanol–water partition coefficient (Wildman–Crippen LogP) is 1.89. The van der Waals surface area contributed by atoms with Crippen molar-refractivity contribution < 1.29 is 27.5 Å². The lowest BCUT2D eigenvalue weighted by molar-refractivity contribution is -0.173. The van der Waals surface area contributed by atoms with Gasteiger partial charge in [0.25, 0.3) is 0 Å². The van der Waals surface area contributed by atoms with E-state index in [4.69, 9.17) is 4.74 Å². The summed E-state index contributed by atoms with van der Waals surface area (Å²) in [6.07, 6.45) is -1.77. The largest absolute Gasteiger partial charge is 0.497 e. The van der Waals surface area contributed by atoms with Gasteiger partial charge in [-0.3, -0.25) is 9.59 Å². The maximum atomic E-state index is 11.9. The molecule has 0 atom stereocenters. The van der Waals surface area contributed by atoms with Gasteiger partial charge in [-0.2, -0.15) is 13.2 Å². The number of rotatable bonds is 7. The summed E-state index contributed by atoms with van der Waals surface area (Å²) in [5, 5.41) is 4.22. The SMILES string of the molecule is COc1ccc(/C=C/C(=O)NCCCNC(=O)C(F)(F)F)cc1. The van der Waals surface area contributed by atoms with Gasteiger partial charge in [-0.05, 0) is 30.2 Å². The number of halogens is 3. The molecule has 0 spiro atoms. The van der Waals surface area contributed by atoms with E-state index in [0.29, 0.717) is 5.75 Å². The second kappa shape index (κ2) is 8.82. The maximum Gasteiger partial charge on any atom is 0.471 e. The van der Waals surface area contributed by atoms with Crippen LogP contribution in [0.5, 0.6) is 5.75 Å². The molecule has 0 heterocycles. The van der Waals surface area contributed by atoms with Gasteiger partial charge in [0, 0.05) is 19.2 Å². The topological polar surface area (TPSA) is 67.4 Å². The molecule has 2 amide bonds. The highest BCUT2D eigenvalue weighted by Gasteiger charge is 2.38. The maximum absolute atomic E-state index is 11.9. The number of carbonyl (C=O) groups is 2. The van der Waals surface area contributed by atoms with Crippen molar-refractivity contribution >= 4 is 17.9 Å². The van der Waals surface area contributed by atoms with E-state index in [1.54, 1.807) is 42.8 Å². The van der Waals surface area contributed by atoms with Crippen molar-refractivity contribution in [1.82, 2.24) is 10.6 Å². The van der Waals surface area contributed by atoms with Gasteiger partial charge < -0.3 is 15.4 Å². The fourth-order valence-corrected chi connectivity index (χ4v) is 1.55. The molecule has 0 aliphatic heterocycles. The molecule has 0 bridgehead atoms. The van der Waals surface area contributed by atoms with Crippen molar-refractivity contribution in [3.05, 3.63) is 35.9 Å². The third-order valence-electron chi connectivity index (χ3n) is 2.74. The number of alkyl halides is 3. The Morgan fingerprint density at radius 2 is 1.74 bits per heavy atom. The first-order valence-electron chi connectivity index (χ1n) is 6.78. The third kappa shape index (κ3) is 7.35. The molecule has 8 heteroatoms. The Hall–Kier alpha value is -2.51. The van der Waals surface area contributed by atoms with Gasteiger partial charge in [0.15, 0.2) is 0 Å². The number of nitrogens with one attached hydrogen (secondary N) is 2. The number of methoxy groups -OCH3 is 1.